The molecule has 0 fully saturated rings. The van der Waals surface area contributed by atoms with E-state index in [1.165, 1.54) is 19.3 Å². The van der Waals surface area contributed by atoms with Gasteiger partial charge in [0.05, 0.1) is 0 Å². The molecule has 1 nitrogen and oxygen atoms in total. The largest absolute Gasteiger partial charge is 0.313 e. The third-order valence-electron chi connectivity index (χ3n) is 1.25. The predicted molar refractivity (Wildman–Crippen MR) is 42.6 cm³/mol. The van der Waals surface area contributed by atoms with Crippen LogP contribution in [0.4, 0.5) is 0 Å². The van der Waals surface area contributed by atoms with Crippen LogP contribution in [0, 0.1) is 0 Å². The molecule has 0 heterocycles. The van der Waals surface area contributed by atoms with Gasteiger partial charge in [0.15, 0.2) is 0 Å². The molecule has 1 heteroatoms. The minimum atomic E-state index is 0.948. The molecular weight excluding hydrogens is 112 g/mol. The van der Waals surface area contributed by atoms with Crippen molar-refractivity contribution in [3.8, 4) is 0 Å². The normalized spacial score (nSPS) is 9.44. The first-order valence-electron chi connectivity index (χ1n) is 3.73. The molecule has 0 aromatic carbocycles. The van der Waals surface area contributed by atoms with Crippen LogP contribution >= 0.6 is 0 Å². The highest BCUT2D eigenvalue weighted by Gasteiger charge is 1.82. The van der Waals surface area contributed by atoms with Crippen LogP contribution in [0.5, 0.6) is 0 Å². The number of unbranched alkanes of at least 4 members (excludes halogenated alkanes) is 2. The summed E-state index contributed by atoms with van der Waals surface area (Å²) in [7, 11) is 0. The highest BCUT2D eigenvalue weighted by molar-refractivity contribution is 4.68. The van der Waals surface area contributed by atoms with Crippen molar-refractivity contribution in [2.75, 3.05) is 13.1 Å². The van der Waals surface area contributed by atoms with Crippen molar-refractivity contribution in [1.29, 1.82) is 0 Å². The van der Waals surface area contributed by atoms with Gasteiger partial charge in [0.25, 0.3) is 0 Å². The molecule has 0 spiro atoms. The smallest absolute Gasteiger partial charge is 0.0132 e. The van der Waals surface area contributed by atoms with Gasteiger partial charge in [-0.25, -0.2) is 0 Å². The Morgan fingerprint density at radius 3 is 3.00 bits per heavy atom. The Hall–Kier alpha value is -0.300. The van der Waals surface area contributed by atoms with Gasteiger partial charge in [0.2, 0.25) is 0 Å². The van der Waals surface area contributed by atoms with Crippen molar-refractivity contribution >= 4 is 0 Å². The molecule has 0 saturated carbocycles. The highest BCUT2D eigenvalue weighted by Crippen LogP contribution is 1.90. The Morgan fingerprint density at radius 1 is 1.67 bits per heavy atom. The molecule has 0 radical (unpaired) electrons. The maximum Gasteiger partial charge on any atom is 0.0132 e. The van der Waals surface area contributed by atoms with Crippen molar-refractivity contribution in [2.45, 2.75) is 26.2 Å². The van der Waals surface area contributed by atoms with E-state index in [9.17, 15) is 0 Å². The lowest BCUT2D eigenvalue weighted by Crippen LogP contribution is -2.14. The molecule has 0 amide bonds. The molecule has 0 unspecified atom stereocenters. The molecular formula is C8H17N. The summed E-state index contributed by atoms with van der Waals surface area (Å²) in [6.45, 7) is 7.92. The Balaban J connectivity index is 2.66. The Morgan fingerprint density at radius 2 is 2.44 bits per heavy atom. The second kappa shape index (κ2) is 7.70. The first-order chi connectivity index (χ1) is 4.41. The summed E-state index contributed by atoms with van der Waals surface area (Å²) >= 11 is 0. The lowest BCUT2D eigenvalue weighted by atomic mass is 10.3. The average Bonchev–Trinajstić information content (AvgIpc) is 1.89. The van der Waals surface area contributed by atoms with Gasteiger partial charge >= 0.3 is 0 Å². The van der Waals surface area contributed by atoms with E-state index in [-0.39, 0.29) is 0 Å². The molecule has 54 valence electrons. The van der Waals surface area contributed by atoms with E-state index in [1.54, 1.807) is 0 Å². The molecule has 9 heavy (non-hydrogen) atoms. The highest BCUT2D eigenvalue weighted by atomic mass is 15.3. The zero-order valence-corrected chi connectivity index (χ0v) is 6.32. The zero-order chi connectivity index (χ0) is 6.95. The first-order valence-corrected chi connectivity index (χ1v) is 3.73. The van der Waals surface area contributed by atoms with Crippen LogP contribution in [0.15, 0.2) is 12.7 Å². The van der Waals surface area contributed by atoms with Crippen LogP contribution in [0.25, 0.3) is 0 Å². The summed E-state index contributed by atoms with van der Waals surface area (Å²) < 4.78 is 0. The van der Waals surface area contributed by atoms with Crippen molar-refractivity contribution in [1.82, 2.24) is 5.32 Å². The van der Waals surface area contributed by atoms with E-state index < -0.39 is 0 Å². The SMILES string of the molecule is C=CCN[14CH2]CCCC. The first kappa shape index (κ1) is 8.70. The minimum absolute atomic E-state index is 0.948. The predicted octanol–water partition coefficient (Wildman–Crippen LogP) is 1.95. The van der Waals surface area contributed by atoms with E-state index in [2.05, 4.69) is 18.8 Å². The zero-order valence-electron chi connectivity index (χ0n) is 6.32. The molecule has 0 aromatic heterocycles. The second-order valence-electron chi connectivity index (χ2n) is 2.20. The fourth-order valence-corrected chi connectivity index (χ4v) is 0.704. The summed E-state index contributed by atoms with van der Waals surface area (Å²) in [6.07, 6.45) is 5.83. The van der Waals surface area contributed by atoms with E-state index >= 15 is 0 Å². The van der Waals surface area contributed by atoms with Gasteiger partial charge in [-0.15, -0.1) is 6.58 Å². The second-order valence-corrected chi connectivity index (χ2v) is 2.20. The molecule has 1 N–H and O–H groups in total. The van der Waals surface area contributed by atoms with Crippen LogP contribution in [0.1, 0.15) is 26.2 Å². The van der Waals surface area contributed by atoms with Crippen LogP contribution in [0.2, 0.25) is 0 Å². The third kappa shape index (κ3) is 7.70. The van der Waals surface area contributed by atoms with Crippen LogP contribution in [-0.4, -0.2) is 13.1 Å². The van der Waals surface area contributed by atoms with E-state index in [4.69, 9.17) is 0 Å². The third-order valence-corrected chi connectivity index (χ3v) is 1.25. The Labute approximate surface area is 58.2 Å². The fourth-order valence-electron chi connectivity index (χ4n) is 0.704. The van der Waals surface area contributed by atoms with Gasteiger partial charge in [-0.3, -0.25) is 0 Å². The summed E-state index contributed by atoms with van der Waals surface area (Å²) in [5, 5.41) is 3.25. The summed E-state index contributed by atoms with van der Waals surface area (Å²) in [4.78, 5) is 0. The lowest BCUT2D eigenvalue weighted by molar-refractivity contribution is 0.647. The summed E-state index contributed by atoms with van der Waals surface area (Å²) in [5.74, 6) is 0. The van der Waals surface area contributed by atoms with Gasteiger partial charge in [-0.1, -0.05) is 25.8 Å². The number of hydrogen-bond acceptors (Lipinski definition) is 1. The van der Waals surface area contributed by atoms with Crippen molar-refractivity contribution in [3.05, 3.63) is 12.7 Å². The minimum Gasteiger partial charge on any atom is -0.313 e. The average molecular weight is 129 g/mol. The Bertz CT molecular complexity index is 59.6. The van der Waals surface area contributed by atoms with E-state index in [1.807, 2.05) is 6.08 Å². The van der Waals surface area contributed by atoms with Crippen LogP contribution < -0.4 is 5.32 Å². The maximum atomic E-state index is 3.62. The molecule has 0 aliphatic carbocycles. The van der Waals surface area contributed by atoms with Crippen molar-refractivity contribution in [3.63, 3.8) is 0 Å². The van der Waals surface area contributed by atoms with E-state index in [0.29, 0.717) is 0 Å². The quantitative estimate of drug-likeness (QED) is 0.427. The standard InChI is InChI=1S/C8H17N/c1-3-5-6-8-9-7-4-2/h4,9H,2-3,5-8H2,1H3/i8+2. The summed E-state index contributed by atoms with van der Waals surface area (Å²) in [5.41, 5.74) is 0. The molecule has 0 rings (SSSR count). The number of hydrogen-bond donors (Lipinski definition) is 1. The molecule has 0 aliphatic heterocycles. The van der Waals surface area contributed by atoms with Crippen LogP contribution in [0.3, 0.4) is 0 Å². The van der Waals surface area contributed by atoms with Gasteiger partial charge < -0.3 is 5.32 Å². The van der Waals surface area contributed by atoms with Crippen LogP contribution in [-0.2, 0) is 0 Å². The number of nitrogens with one attached hydrogen (secondary N) is 1. The Kier molecular flexibility index (Phi) is 7.44. The molecule has 0 aliphatic rings. The maximum absolute atomic E-state index is 3.62. The lowest BCUT2D eigenvalue weighted by Gasteiger charge is -1.98. The fraction of sp³-hybridized carbons (Fsp3) is 0.750. The number of rotatable bonds is 6. The molecule has 0 aromatic rings. The molecule has 0 saturated heterocycles. The van der Waals surface area contributed by atoms with Gasteiger partial charge in [0.1, 0.15) is 0 Å². The monoisotopic (exact) mass is 129 g/mol. The molecule has 0 atom stereocenters. The van der Waals surface area contributed by atoms with Crippen molar-refractivity contribution < 1.29 is 0 Å². The van der Waals surface area contributed by atoms with Gasteiger partial charge in [-0.05, 0) is 13.0 Å². The summed E-state index contributed by atoms with van der Waals surface area (Å²) in [6, 6.07) is 0. The molecule has 0 bridgehead atoms. The van der Waals surface area contributed by atoms with Gasteiger partial charge in [0, 0.05) is 6.54 Å². The van der Waals surface area contributed by atoms with Crippen molar-refractivity contribution in [2.24, 2.45) is 0 Å². The topological polar surface area (TPSA) is 12.0 Å². The van der Waals surface area contributed by atoms with Gasteiger partial charge in [-0.2, -0.15) is 0 Å². The van der Waals surface area contributed by atoms with E-state index in [0.717, 1.165) is 13.1 Å².